The second-order valence-electron chi connectivity index (χ2n) is 7.36. The van der Waals surface area contributed by atoms with Crippen LogP contribution in [0.2, 0.25) is 0 Å². The molecule has 0 spiro atoms. The van der Waals surface area contributed by atoms with Crippen LogP contribution >= 0.6 is 11.3 Å². The number of carbonyl (C=O) groups is 2. The van der Waals surface area contributed by atoms with Crippen LogP contribution in [0.15, 0.2) is 0 Å². The fraction of sp³-hybridized carbons (Fsp3) is 0.684. The van der Waals surface area contributed by atoms with Gasteiger partial charge in [0.05, 0.1) is 5.56 Å². The second-order valence-corrected chi connectivity index (χ2v) is 8.47. The van der Waals surface area contributed by atoms with E-state index in [-0.39, 0.29) is 17.9 Å². The highest BCUT2D eigenvalue weighted by molar-refractivity contribution is 7.17. The molecule has 4 rings (SSSR count). The van der Waals surface area contributed by atoms with Gasteiger partial charge in [-0.15, -0.1) is 11.3 Å². The van der Waals surface area contributed by atoms with Gasteiger partial charge in [0.2, 0.25) is 0 Å². The molecule has 1 aromatic heterocycles. The summed E-state index contributed by atoms with van der Waals surface area (Å²) in [6.07, 6.45) is 10.1. The van der Waals surface area contributed by atoms with Crippen LogP contribution in [0, 0.1) is 0 Å². The molecule has 0 unspecified atom stereocenters. The highest BCUT2D eigenvalue weighted by atomic mass is 32.1. The molecule has 25 heavy (non-hydrogen) atoms. The third-order valence-electron chi connectivity index (χ3n) is 5.27. The first-order valence-corrected chi connectivity index (χ1v) is 10.4. The Hall–Kier alpha value is -1.40. The van der Waals surface area contributed by atoms with Crippen molar-refractivity contribution in [3.63, 3.8) is 0 Å². The van der Waals surface area contributed by atoms with Crippen LogP contribution < -0.4 is 10.6 Å². The van der Waals surface area contributed by atoms with E-state index in [9.17, 15) is 9.59 Å². The van der Waals surface area contributed by atoms with E-state index in [1.807, 2.05) is 0 Å². The summed E-state index contributed by atoms with van der Waals surface area (Å²) in [6, 6.07) is 0.318. The Balaban J connectivity index is 1.61. The van der Waals surface area contributed by atoms with E-state index >= 15 is 0 Å². The second kappa shape index (κ2) is 7.46. The maximum absolute atomic E-state index is 12.9. The molecule has 1 saturated carbocycles. The van der Waals surface area contributed by atoms with Gasteiger partial charge < -0.3 is 15.4 Å². The molecule has 2 fully saturated rings. The summed E-state index contributed by atoms with van der Waals surface area (Å²) in [5.41, 5.74) is 1.89. The summed E-state index contributed by atoms with van der Waals surface area (Å²) in [4.78, 5) is 26.7. The molecular weight excluding hydrogens is 336 g/mol. The lowest BCUT2D eigenvalue weighted by Gasteiger charge is -2.13. The van der Waals surface area contributed by atoms with Gasteiger partial charge in [-0.25, -0.2) is 0 Å². The molecule has 1 atom stereocenters. The Labute approximate surface area is 152 Å². The number of carbonyl (C=O) groups excluding carboxylic acids is 2. The lowest BCUT2D eigenvalue weighted by Crippen LogP contribution is -2.30. The van der Waals surface area contributed by atoms with Gasteiger partial charge in [0.15, 0.2) is 0 Å². The van der Waals surface area contributed by atoms with Crippen molar-refractivity contribution in [2.24, 2.45) is 0 Å². The van der Waals surface area contributed by atoms with Crippen LogP contribution in [0.25, 0.3) is 0 Å². The molecule has 5 nitrogen and oxygen atoms in total. The average Bonchev–Trinajstić information content (AvgIpc) is 3.09. The van der Waals surface area contributed by atoms with Gasteiger partial charge in [-0.2, -0.15) is 0 Å². The number of aryl methyl sites for hydroxylation is 1. The standard InChI is InChI=1S/C19H26N2O3S/c22-17(14-7-5-11-24-14)21-19-16(18(23)20-12-9-10-12)13-6-3-1-2-4-8-15(13)25-19/h12,14H,1-11H2,(H,20,23)(H,21,22)/t14-/m0/s1. The van der Waals surface area contributed by atoms with Crippen molar-refractivity contribution in [2.45, 2.75) is 76.4 Å². The molecule has 136 valence electrons. The summed E-state index contributed by atoms with van der Waals surface area (Å²) in [5.74, 6) is -0.115. The van der Waals surface area contributed by atoms with Gasteiger partial charge in [0.1, 0.15) is 11.1 Å². The highest BCUT2D eigenvalue weighted by Gasteiger charge is 2.31. The molecule has 1 aromatic rings. The van der Waals surface area contributed by atoms with Crippen LogP contribution in [-0.2, 0) is 22.4 Å². The first-order chi connectivity index (χ1) is 12.2. The van der Waals surface area contributed by atoms with Crippen LogP contribution in [0.5, 0.6) is 0 Å². The van der Waals surface area contributed by atoms with Crippen LogP contribution in [0.3, 0.4) is 0 Å². The van der Waals surface area contributed by atoms with Crippen molar-refractivity contribution in [1.82, 2.24) is 5.32 Å². The quantitative estimate of drug-likeness (QED) is 0.862. The summed E-state index contributed by atoms with van der Waals surface area (Å²) in [7, 11) is 0. The van der Waals surface area contributed by atoms with E-state index < -0.39 is 0 Å². The summed E-state index contributed by atoms with van der Waals surface area (Å²) in [5, 5.41) is 6.86. The van der Waals surface area contributed by atoms with Gasteiger partial charge >= 0.3 is 0 Å². The molecule has 2 N–H and O–H groups in total. The molecule has 2 heterocycles. The lowest BCUT2D eigenvalue weighted by atomic mass is 9.96. The number of hydrogen-bond donors (Lipinski definition) is 2. The first-order valence-electron chi connectivity index (χ1n) is 9.60. The summed E-state index contributed by atoms with van der Waals surface area (Å²) >= 11 is 1.60. The molecule has 0 aromatic carbocycles. The van der Waals surface area contributed by atoms with Gasteiger partial charge in [0.25, 0.3) is 11.8 Å². The number of fused-ring (bicyclic) bond motifs is 1. The minimum absolute atomic E-state index is 0.0109. The zero-order chi connectivity index (χ0) is 17.2. The predicted octanol–water partition coefficient (Wildman–Crippen LogP) is 3.42. The van der Waals surface area contributed by atoms with Gasteiger partial charge in [0, 0.05) is 17.5 Å². The van der Waals surface area contributed by atoms with Crippen molar-refractivity contribution >= 4 is 28.2 Å². The van der Waals surface area contributed by atoms with Crippen LogP contribution in [-0.4, -0.2) is 30.6 Å². The van der Waals surface area contributed by atoms with Crippen molar-refractivity contribution in [3.05, 3.63) is 16.0 Å². The number of hydrogen-bond acceptors (Lipinski definition) is 4. The zero-order valence-corrected chi connectivity index (χ0v) is 15.4. The Bertz CT molecular complexity index is 660. The van der Waals surface area contributed by atoms with E-state index in [1.54, 1.807) is 11.3 Å². The number of rotatable bonds is 4. The minimum atomic E-state index is -0.371. The Morgan fingerprint density at radius 3 is 2.52 bits per heavy atom. The Kier molecular flexibility index (Phi) is 5.08. The van der Waals surface area contributed by atoms with E-state index in [1.165, 1.54) is 23.3 Å². The van der Waals surface area contributed by atoms with E-state index in [2.05, 4.69) is 10.6 Å². The Morgan fingerprint density at radius 1 is 1.00 bits per heavy atom. The normalized spacial score (nSPS) is 23.4. The van der Waals surface area contributed by atoms with Gasteiger partial charge in [-0.1, -0.05) is 12.8 Å². The molecule has 2 amide bonds. The number of ether oxygens (including phenoxy) is 1. The van der Waals surface area contributed by atoms with E-state index in [0.717, 1.165) is 61.9 Å². The summed E-state index contributed by atoms with van der Waals surface area (Å²) in [6.45, 7) is 0.647. The van der Waals surface area contributed by atoms with Gasteiger partial charge in [-0.05, 0) is 56.9 Å². The Morgan fingerprint density at radius 2 is 1.80 bits per heavy atom. The van der Waals surface area contributed by atoms with E-state index in [0.29, 0.717) is 12.6 Å². The maximum atomic E-state index is 12.9. The van der Waals surface area contributed by atoms with Crippen LogP contribution in [0.1, 0.15) is 72.2 Å². The number of nitrogens with one attached hydrogen (secondary N) is 2. The lowest BCUT2D eigenvalue weighted by molar-refractivity contribution is -0.124. The number of anilines is 1. The predicted molar refractivity (Wildman–Crippen MR) is 98.3 cm³/mol. The molecule has 2 aliphatic carbocycles. The third kappa shape index (κ3) is 3.90. The first kappa shape index (κ1) is 17.0. The van der Waals surface area contributed by atoms with Crippen molar-refractivity contribution in [2.75, 3.05) is 11.9 Å². The molecule has 1 saturated heterocycles. The summed E-state index contributed by atoms with van der Waals surface area (Å²) < 4.78 is 5.50. The SMILES string of the molecule is O=C(NC1CC1)c1c(NC(=O)[C@@H]2CCCO2)sc2c1CCCCCC2. The topological polar surface area (TPSA) is 67.4 Å². The molecular formula is C19H26N2O3S. The van der Waals surface area contributed by atoms with Crippen LogP contribution in [0.4, 0.5) is 5.00 Å². The molecule has 1 aliphatic heterocycles. The largest absolute Gasteiger partial charge is 0.368 e. The molecule has 3 aliphatic rings. The van der Waals surface area contributed by atoms with Gasteiger partial charge in [-0.3, -0.25) is 9.59 Å². The monoisotopic (exact) mass is 362 g/mol. The smallest absolute Gasteiger partial charge is 0.254 e. The maximum Gasteiger partial charge on any atom is 0.254 e. The number of amides is 2. The fourth-order valence-corrected chi connectivity index (χ4v) is 5.00. The average molecular weight is 362 g/mol. The number of thiophene rings is 1. The molecule has 0 radical (unpaired) electrons. The molecule has 0 bridgehead atoms. The highest BCUT2D eigenvalue weighted by Crippen LogP contribution is 2.38. The van der Waals surface area contributed by atoms with Crippen molar-refractivity contribution in [3.8, 4) is 0 Å². The fourth-order valence-electron chi connectivity index (χ4n) is 3.71. The third-order valence-corrected chi connectivity index (χ3v) is 6.48. The van der Waals surface area contributed by atoms with Crippen molar-refractivity contribution < 1.29 is 14.3 Å². The van der Waals surface area contributed by atoms with E-state index in [4.69, 9.17) is 4.74 Å². The minimum Gasteiger partial charge on any atom is -0.368 e. The van der Waals surface area contributed by atoms with Crippen molar-refractivity contribution in [1.29, 1.82) is 0 Å². The molecule has 6 heteroatoms. The zero-order valence-electron chi connectivity index (χ0n) is 14.6.